The average molecular weight is 246 g/mol. The minimum Gasteiger partial charge on any atom is -0.388 e. The van der Waals surface area contributed by atoms with E-state index in [0.29, 0.717) is 13.2 Å². The highest BCUT2D eigenvalue weighted by molar-refractivity contribution is 4.95. The maximum Gasteiger partial charge on any atom is 0.0798 e. The van der Waals surface area contributed by atoms with Crippen molar-refractivity contribution < 1.29 is 14.6 Å². The Morgan fingerprint density at radius 2 is 1.88 bits per heavy atom. The zero-order valence-electron chi connectivity index (χ0n) is 11.2. The first-order valence-corrected chi connectivity index (χ1v) is 6.27. The van der Waals surface area contributed by atoms with Crippen molar-refractivity contribution in [3.63, 3.8) is 0 Å². The fourth-order valence-corrected chi connectivity index (χ4v) is 2.33. The van der Waals surface area contributed by atoms with Crippen molar-refractivity contribution in [1.82, 2.24) is 10.2 Å². The fourth-order valence-electron chi connectivity index (χ4n) is 2.33. The van der Waals surface area contributed by atoms with Crippen molar-refractivity contribution in [1.29, 1.82) is 0 Å². The first-order chi connectivity index (χ1) is 8.11. The van der Waals surface area contributed by atoms with E-state index < -0.39 is 5.60 Å². The van der Waals surface area contributed by atoms with Crippen LogP contribution in [0.15, 0.2) is 0 Å². The summed E-state index contributed by atoms with van der Waals surface area (Å²) in [6.07, 6.45) is 0.786. The third kappa shape index (κ3) is 4.52. The maximum atomic E-state index is 10.4. The summed E-state index contributed by atoms with van der Waals surface area (Å²) < 4.78 is 10.3. The molecule has 0 aromatic heterocycles. The summed E-state index contributed by atoms with van der Waals surface area (Å²) in [5, 5.41) is 13.8. The predicted octanol–water partition coefficient (Wildman–Crippen LogP) is -0.306. The lowest BCUT2D eigenvalue weighted by Gasteiger charge is -2.44. The SMILES string of the molecule is COCCN(CCOC)C1CNCCC1(C)O. The average Bonchev–Trinajstić information content (AvgIpc) is 2.30. The zero-order valence-corrected chi connectivity index (χ0v) is 11.2. The Morgan fingerprint density at radius 1 is 1.29 bits per heavy atom. The smallest absolute Gasteiger partial charge is 0.0798 e. The van der Waals surface area contributed by atoms with Gasteiger partial charge in [-0.05, 0) is 19.9 Å². The second-order valence-corrected chi connectivity index (χ2v) is 4.85. The molecule has 0 saturated carbocycles. The van der Waals surface area contributed by atoms with Gasteiger partial charge in [0.25, 0.3) is 0 Å². The van der Waals surface area contributed by atoms with Gasteiger partial charge in [-0.2, -0.15) is 0 Å². The third-order valence-corrected chi connectivity index (χ3v) is 3.47. The van der Waals surface area contributed by atoms with Gasteiger partial charge in [0, 0.05) is 33.9 Å². The zero-order chi connectivity index (χ0) is 12.7. The summed E-state index contributed by atoms with van der Waals surface area (Å²) in [6, 6.07) is 0.126. The van der Waals surface area contributed by atoms with E-state index in [1.165, 1.54) is 0 Å². The van der Waals surface area contributed by atoms with E-state index >= 15 is 0 Å². The number of nitrogens with zero attached hydrogens (tertiary/aromatic N) is 1. The first kappa shape index (κ1) is 14.9. The summed E-state index contributed by atoms with van der Waals surface area (Å²) >= 11 is 0. The molecule has 102 valence electrons. The van der Waals surface area contributed by atoms with Crippen LogP contribution in [0.1, 0.15) is 13.3 Å². The summed E-state index contributed by atoms with van der Waals surface area (Å²) in [7, 11) is 3.40. The van der Waals surface area contributed by atoms with E-state index in [0.717, 1.165) is 32.6 Å². The molecule has 0 aliphatic carbocycles. The summed E-state index contributed by atoms with van der Waals surface area (Å²) in [4.78, 5) is 2.25. The van der Waals surface area contributed by atoms with Crippen LogP contribution >= 0.6 is 0 Å². The van der Waals surface area contributed by atoms with Gasteiger partial charge < -0.3 is 19.9 Å². The van der Waals surface area contributed by atoms with Crippen LogP contribution in [0.2, 0.25) is 0 Å². The molecule has 0 spiro atoms. The standard InChI is InChI=1S/C12H26N2O3/c1-12(15)4-5-13-10-11(12)14(6-8-16-2)7-9-17-3/h11,13,15H,4-10H2,1-3H3. The van der Waals surface area contributed by atoms with E-state index in [1.54, 1.807) is 14.2 Å². The molecule has 1 saturated heterocycles. The molecule has 1 aliphatic heterocycles. The van der Waals surface area contributed by atoms with E-state index in [4.69, 9.17) is 9.47 Å². The molecule has 1 heterocycles. The molecule has 2 atom stereocenters. The lowest BCUT2D eigenvalue weighted by atomic mass is 9.88. The first-order valence-electron chi connectivity index (χ1n) is 6.27. The highest BCUT2D eigenvalue weighted by atomic mass is 16.5. The molecule has 5 heteroatoms. The molecule has 5 nitrogen and oxygen atoms in total. The van der Waals surface area contributed by atoms with Gasteiger partial charge in [-0.15, -0.1) is 0 Å². The topological polar surface area (TPSA) is 54.0 Å². The Balaban J connectivity index is 2.58. The van der Waals surface area contributed by atoms with E-state index in [9.17, 15) is 5.11 Å². The Kier molecular flexibility index (Phi) is 6.37. The Labute approximate surface area is 104 Å². The van der Waals surface area contributed by atoms with Crippen molar-refractivity contribution >= 4 is 0 Å². The minimum atomic E-state index is -0.632. The second kappa shape index (κ2) is 7.28. The Morgan fingerprint density at radius 3 is 2.35 bits per heavy atom. The lowest BCUT2D eigenvalue weighted by molar-refractivity contribution is -0.0620. The highest BCUT2D eigenvalue weighted by Gasteiger charge is 2.37. The van der Waals surface area contributed by atoms with Gasteiger partial charge in [0.2, 0.25) is 0 Å². The molecule has 1 fully saturated rings. The van der Waals surface area contributed by atoms with Crippen molar-refractivity contribution in [2.75, 3.05) is 53.6 Å². The molecule has 1 rings (SSSR count). The van der Waals surface area contributed by atoms with E-state index in [2.05, 4.69) is 10.2 Å². The second-order valence-electron chi connectivity index (χ2n) is 4.85. The highest BCUT2D eigenvalue weighted by Crippen LogP contribution is 2.22. The normalized spacial score (nSPS) is 29.8. The Bertz CT molecular complexity index is 204. The van der Waals surface area contributed by atoms with Crippen molar-refractivity contribution in [3.05, 3.63) is 0 Å². The number of hydrogen-bond acceptors (Lipinski definition) is 5. The number of piperidine rings is 1. The fraction of sp³-hybridized carbons (Fsp3) is 1.00. The van der Waals surface area contributed by atoms with E-state index in [-0.39, 0.29) is 6.04 Å². The van der Waals surface area contributed by atoms with Crippen LogP contribution in [-0.4, -0.2) is 75.3 Å². The van der Waals surface area contributed by atoms with Gasteiger partial charge in [0.05, 0.1) is 24.9 Å². The summed E-state index contributed by atoms with van der Waals surface area (Å²) in [5.74, 6) is 0. The molecule has 0 amide bonds. The van der Waals surface area contributed by atoms with Crippen molar-refractivity contribution in [2.24, 2.45) is 0 Å². The quantitative estimate of drug-likeness (QED) is 0.645. The molecule has 0 aromatic carbocycles. The number of ether oxygens (including phenoxy) is 2. The molecular weight excluding hydrogens is 220 g/mol. The van der Waals surface area contributed by atoms with Gasteiger partial charge in [0.15, 0.2) is 0 Å². The van der Waals surface area contributed by atoms with Crippen LogP contribution in [0, 0.1) is 0 Å². The molecule has 0 radical (unpaired) electrons. The van der Waals surface area contributed by atoms with Crippen molar-refractivity contribution in [2.45, 2.75) is 25.0 Å². The van der Waals surface area contributed by atoms with Gasteiger partial charge in [-0.25, -0.2) is 0 Å². The summed E-state index contributed by atoms with van der Waals surface area (Å²) in [6.45, 7) is 6.62. The van der Waals surface area contributed by atoms with Crippen LogP contribution in [0.5, 0.6) is 0 Å². The van der Waals surface area contributed by atoms with Crippen LogP contribution in [0.3, 0.4) is 0 Å². The van der Waals surface area contributed by atoms with Gasteiger partial charge in [-0.3, -0.25) is 4.90 Å². The largest absolute Gasteiger partial charge is 0.388 e. The van der Waals surface area contributed by atoms with Gasteiger partial charge >= 0.3 is 0 Å². The van der Waals surface area contributed by atoms with Gasteiger partial charge in [-0.1, -0.05) is 0 Å². The molecular formula is C12H26N2O3. The summed E-state index contributed by atoms with van der Waals surface area (Å²) in [5.41, 5.74) is -0.632. The number of nitrogens with one attached hydrogen (secondary N) is 1. The molecule has 17 heavy (non-hydrogen) atoms. The van der Waals surface area contributed by atoms with Crippen LogP contribution in [0.25, 0.3) is 0 Å². The van der Waals surface area contributed by atoms with Crippen LogP contribution < -0.4 is 5.32 Å². The number of methoxy groups -OCH3 is 2. The molecule has 1 aliphatic rings. The molecule has 0 aromatic rings. The monoisotopic (exact) mass is 246 g/mol. The van der Waals surface area contributed by atoms with Crippen LogP contribution in [-0.2, 0) is 9.47 Å². The number of aliphatic hydroxyl groups is 1. The minimum absolute atomic E-state index is 0.126. The van der Waals surface area contributed by atoms with Crippen LogP contribution in [0.4, 0.5) is 0 Å². The van der Waals surface area contributed by atoms with Crippen molar-refractivity contribution in [3.8, 4) is 0 Å². The predicted molar refractivity (Wildman–Crippen MR) is 67.2 cm³/mol. The molecule has 0 bridgehead atoms. The van der Waals surface area contributed by atoms with E-state index in [1.807, 2.05) is 6.92 Å². The lowest BCUT2D eigenvalue weighted by Crippen LogP contribution is -2.61. The number of rotatable bonds is 7. The Hall–Kier alpha value is -0.200. The van der Waals surface area contributed by atoms with Gasteiger partial charge in [0.1, 0.15) is 0 Å². The molecule has 2 N–H and O–H groups in total. The molecule has 2 unspecified atom stereocenters. The third-order valence-electron chi connectivity index (χ3n) is 3.47. The maximum absolute atomic E-state index is 10.4. The number of hydrogen-bond donors (Lipinski definition) is 2.